The van der Waals surface area contributed by atoms with E-state index in [1.54, 1.807) is 0 Å². The fraction of sp³-hybridized carbons (Fsp3) is 0. The molecule has 16 heavy (non-hydrogen) atoms. The second kappa shape index (κ2) is 6.40. The van der Waals surface area contributed by atoms with Gasteiger partial charge in [0.1, 0.15) is 0 Å². The van der Waals surface area contributed by atoms with Crippen LogP contribution in [-0.2, 0) is 39.6 Å². The van der Waals surface area contributed by atoms with Crippen molar-refractivity contribution in [1.29, 1.82) is 0 Å². The van der Waals surface area contributed by atoms with E-state index in [0.29, 0.717) is 0 Å². The van der Waals surface area contributed by atoms with Crippen LogP contribution >= 0.6 is 10.7 Å². The summed E-state index contributed by atoms with van der Waals surface area (Å²) in [6.45, 7) is 1.05. The van der Waals surface area contributed by atoms with Gasteiger partial charge in [-0.15, -0.1) is 5.46 Å². The normalized spacial score (nSPS) is 10.1. The maximum Gasteiger partial charge on any atom is 2.00 e. The molecule has 0 spiro atoms. The van der Waals surface area contributed by atoms with Gasteiger partial charge in [-0.3, -0.25) is 0 Å². The minimum atomic E-state index is -3.82. The van der Waals surface area contributed by atoms with E-state index in [-0.39, 0.29) is 31.4 Å². The van der Waals surface area contributed by atoms with Crippen LogP contribution in [-0.4, -0.2) is 27.0 Å². The fourth-order valence-corrected chi connectivity index (χ4v) is 1.56. The van der Waals surface area contributed by atoms with Gasteiger partial charge in [-0.1, -0.05) is 6.47 Å². The van der Waals surface area contributed by atoms with Crippen molar-refractivity contribution >= 4 is 38.8 Å². The van der Waals surface area contributed by atoms with Gasteiger partial charge in [0.05, 0.1) is 0 Å². The molecule has 1 aromatic rings. The zero-order chi connectivity index (χ0) is 11.5. The Morgan fingerprint density at radius 3 is 2.50 bits per heavy atom. The molecule has 0 amide bonds. The molecule has 0 unspecified atom stereocenters. The summed E-state index contributed by atoms with van der Waals surface area (Å²) in [5.74, 6) is 0. The molecule has 0 saturated heterocycles. The van der Waals surface area contributed by atoms with Gasteiger partial charge < -0.3 is 14.5 Å². The molecule has 0 atom stereocenters. The Morgan fingerprint density at radius 2 is 2.12 bits per heavy atom. The Bertz CT molecular complexity index is 448. The van der Waals surface area contributed by atoms with E-state index in [1.165, 1.54) is 6.07 Å². The van der Waals surface area contributed by atoms with Gasteiger partial charge in [-0.25, -0.2) is 8.42 Å². The second-order valence-corrected chi connectivity index (χ2v) is 5.04. The third-order valence-electron chi connectivity index (χ3n) is 1.52. The van der Waals surface area contributed by atoms with Crippen molar-refractivity contribution in [1.82, 2.24) is 0 Å². The summed E-state index contributed by atoms with van der Waals surface area (Å²) in [5, 5.41) is 9.12. The number of benzene rings is 1. The molecule has 1 aromatic carbocycles. The molecule has 0 heterocycles. The van der Waals surface area contributed by atoms with E-state index in [0.717, 1.165) is 18.6 Å². The van der Waals surface area contributed by atoms with Gasteiger partial charge in [-0.2, -0.15) is 24.3 Å². The Balaban J connectivity index is 0.00000225. The molecule has 1 rings (SSSR count). The van der Waals surface area contributed by atoms with Crippen LogP contribution in [0.1, 0.15) is 0 Å². The fourth-order valence-electron chi connectivity index (χ4n) is 0.837. The first kappa shape index (κ1) is 15.6. The molecule has 0 saturated carbocycles. The molecular weight excluding hydrogens is 426 g/mol. The summed E-state index contributed by atoms with van der Waals surface area (Å²) in [5.41, 5.74) is 0.0995. The zero-order valence-electron chi connectivity index (χ0n) is 7.58. The first-order valence-corrected chi connectivity index (χ1v) is 5.93. The first-order chi connectivity index (χ1) is 6.95. The van der Waals surface area contributed by atoms with Gasteiger partial charge in [0.25, 0.3) is 0 Å². The number of carbonyl (C=O) groups excluding carboxylic acids is 1. The van der Waals surface area contributed by atoms with Gasteiger partial charge in [0, 0.05) is 10.7 Å². The molecule has 0 aliphatic carbocycles. The molecule has 1 N–H and O–H groups in total. The largest absolute Gasteiger partial charge is 2.00 e. The second-order valence-electron chi connectivity index (χ2n) is 2.47. The van der Waals surface area contributed by atoms with Gasteiger partial charge >= 0.3 is 28.2 Å². The topological polar surface area (TPSA) is 80.7 Å². The van der Waals surface area contributed by atoms with Crippen molar-refractivity contribution < 1.29 is 44.0 Å². The van der Waals surface area contributed by atoms with Crippen molar-refractivity contribution in [2.45, 2.75) is 4.90 Å². The Morgan fingerprint density at radius 1 is 1.50 bits per heavy atom. The quantitative estimate of drug-likeness (QED) is 0.384. The molecule has 0 aromatic heterocycles. The summed E-state index contributed by atoms with van der Waals surface area (Å²) >= 11 is 0. The summed E-state index contributed by atoms with van der Waals surface area (Å²) in [4.78, 5) is 9.62. The predicted molar refractivity (Wildman–Crippen MR) is 52.7 cm³/mol. The van der Waals surface area contributed by atoms with Crippen molar-refractivity contribution in [2.24, 2.45) is 0 Å². The van der Waals surface area contributed by atoms with Crippen LogP contribution in [0.2, 0.25) is 0 Å². The zero-order valence-corrected chi connectivity index (χ0v) is 12.1. The average Bonchev–Trinajstić information content (AvgIpc) is 2.17. The van der Waals surface area contributed by atoms with E-state index in [9.17, 15) is 13.2 Å². The van der Waals surface area contributed by atoms with Gasteiger partial charge in [0.15, 0.2) is 0 Å². The number of hydrogen-bond donors (Lipinski definition) is 1. The SMILES string of the molecule is O=[C-]OB(O)c1[c-]cc(S(=O)(=O)Cl)cc1.[W+2]. The van der Waals surface area contributed by atoms with Crippen molar-refractivity contribution in [2.75, 3.05) is 0 Å². The standard InChI is InChI=1S/C7H4BClO5S.W/c9-15(12,13)7-3-1-6(2-4-7)8(11)14-5-10;/h1,3-4,11H;/q-2;+2. The molecule has 84 valence electrons. The molecule has 9 heteroatoms. The summed E-state index contributed by atoms with van der Waals surface area (Å²) in [7, 11) is -0.288. The molecule has 0 radical (unpaired) electrons. The Hall–Kier alpha value is -0.357. The summed E-state index contributed by atoms with van der Waals surface area (Å²) in [6, 6.07) is 5.85. The van der Waals surface area contributed by atoms with E-state index in [1.807, 2.05) is 0 Å². The third kappa shape index (κ3) is 4.25. The summed E-state index contributed by atoms with van der Waals surface area (Å²) < 4.78 is 25.7. The number of halogens is 1. The molecule has 0 aliphatic rings. The smallest absolute Gasteiger partial charge is 0.702 e. The maximum atomic E-state index is 10.8. The van der Waals surface area contributed by atoms with Crippen LogP contribution in [0, 0.1) is 6.07 Å². The summed E-state index contributed by atoms with van der Waals surface area (Å²) in [6.07, 6.45) is 0. The van der Waals surface area contributed by atoms with Crippen LogP contribution in [0.15, 0.2) is 23.1 Å². The molecule has 5 nitrogen and oxygen atoms in total. The third-order valence-corrected chi connectivity index (χ3v) is 2.87. The molecule has 0 aliphatic heterocycles. The molecule has 0 bridgehead atoms. The first-order valence-electron chi connectivity index (χ1n) is 3.62. The van der Waals surface area contributed by atoms with Gasteiger partial charge in [-0.05, 0) is 4.90 Å². The monoisotopic (exact) mass is 430 g/mol. The van der Waals surface area contributed by atoms with Crippen LogP contribution < -0.4 is 5.46 Å². The van der Waals surface area contributed by atoms with Crippen LogP contribution in [0.4, 0.5) is 0 Å². The van der Waals surface area contributed by atoms with E-state index in [4.69, 9.17) is 15.7 Å². The van der Waals surface area contributed by atoms with E-state index >= 15 is 0 Å². The minimum absolute atomic E-state index is 0. The number of hydrogen-bond acceptors (Lipinski definition) is 5. The molecular formula is C7H4BClO5SW. The predicted octanol–water partition coefficient (Wildman–Crippen LogP) is -0.817. The van der Waals surface area contributed by atoms with Crippen molar-refractivity contribution in [3.05, 3.63) is 24.3 Å². The minimum Gasteiger partial charge on any atom is -0.702 e. The van der Waals surface area contributed by atoms with E-state index in [2.05, 4.69) is 10.7 Å². The van der Waals surface area contributed by atoms with Crippen LogP contribution in [0.5, 0.6) is 0 Å². The maximum absolute atomic E-state index is 10.8. The van der Waals surface area contributed by atoms with Crippen molar-refractivity contribution in [3.63, 3.8) is 0 Å². The Labute approximate surface area is 112 Å². The van der Waals surface area contributed by atoms with E-state index < -0.39 is 16.2 Å². The van der Waals surface area contributed by atoms with Crippen LogP contribution in [0.25, 0.3) is 0 Å². The van der Waals surface area contributed by atoms with Crippen LogP contribution in [0.3, 0.4) is 0 Å². The van der Waals surface area contributed by atoms with Gasteiger partial charge in [0.2, 0.25) is 9.05 Å². The average molecular weight is 430 g/mol. The van der Waals surface area contributed by atoms with Crippen molar-refractivity contribution in [3.8, 4) is 0 Å². The molecule has 0 fully saturated rings. The Kier molecular flexibility index (Phi) is 6.25. The number of rotatable bonds is 4.